The van der Waals surface area contributed by atoms with Crippen molar-refractivity contribution in [3.05, 3.63) is 70.3 Å². The molecule has 0 spiro atoms. The quantitative estimate of drug-likeness (QED) is 0.520. The van der Waals surface area contributed by atoms with Crippen molar-refractivity contribution in [3.63, 3.8) is 0 Å². The molecule has 0 radical (unpaired) electrons. The molecule has 0 bridgehead atoms. The van der Waals surface area contributed by atoms with Crippen LogP contribution in [0.2, 0.25) is 0 Å². The molecule has 1 aromatic carbocycles. The van der Waals surface area contributed by atoms with Crippen LogP contribution in [0.1, 0.15) is 48.1 Å². The third kappa shape index (κ3) is 5.05. The molecule has 0 aliphatic heterocycles. The highest BCUT2D eigenvalue weighted by Crippen LogP contribution is 2.33. The molecule has 1 saturated carbocycles. The predicted octanol–water partition coefficient (Wildman–Crippen LogP) is 5.03. The third-order valence-corrected chi connectivity index (χ3v) is 6.62. The number of methoxy groups -OCH3 is 1. The second-order valence-corrected chi connectivity index (χ2v) is 9.09. The Balaban J connectivity index is 1.75. The number of carbonyl (C=O) groups is 2. The molecular weight excluding hydrogens is 424 g/mol. The zero-order chi connectivity index (χ0) is 22.5. The van der Waals surface area contributed by atoms with Gasteiger partial charge in [0.25, 0.3) is 5.91 Å². The van der Waals surface area contributed by atoms with Gasteiger partial charge in [0, 0.05) is 22.7 Å². The molecule has 1 aliphatic rings. The number of thiophene rings is 1. The van der Waals surface area contributed by atoms with Crippen LogP contribution in [-0.4, -0.2) is 25.0 Å². The first-order valence-corrected chi connectivity index (χ1v) is 11.8. The fraction of sp³-hybridized carbons (Fsp3) is 0.360. The minimum Gasteiger partial charge on any atom is -0.497 e. The van der Waals surface area contributed by atoms with Crippen LogP contribution in [-0.2, 0) is 16.0 Å². The van der Waals surface area contributed by atoms with E-state index in [-0.39, 0.29) is 24.3 Å². The van der Waals surface area contributed by atoms with Crippen LogP contribution in [0.4, 0.5) is 5.69 Å². The fourth-order valence-corrected chi connectivity index (χ4v) is 4.86. The fourth-order valence-electron chi connectivity index (χ4n) is 4.17. The minimum absolute atomic E-state index is 0.126. The molecule has 3 aromatic rings. The number of amides is 2. The summed E-state index contributed by atoms with van der Waals surface area (Å²) in [6.45, 7) is 1.83. The van der Waals surface area contributed by atoms with Crippen molar-refractivity contribution in [2.24, 2.45) is 0 Å². The molecule has 2 amide bonds. The molecule has 1 aliphatic carbocycles. The monoisotopic (exact) mass is 452 g/mol. The van der Waals surface area contributed by atoms with Crippen LogP contribution in [0, 0.1) is 6.92 Å². The number of hydrogen-bond donors (Lipinski definition) is 1. The Morgan fingerprint density at radius 2 is 2.00 bits per heavy atom. The average molecular weight is 453 g/mol. The smallest absolute Gasteiger partial charge is 0.251 e. The van der Waals surface area contributed by atoms with E-state index in [2.05, 4.69) is 5.32 Å². The topological polar surface area (TPSA) is 71.8 Å². The van der Waals surface area contributed by atoms with Crippen molar-refractivity contribution in [1.29, 1.82) is 0 Å². The Bertz CT molecular complexity index is 1050. The van der Waals surface area contributed by atoms with Crippen LogP contribution in [0.3, 0.4) is 0 Å². The van der Waals surface area contributed by atoms with E-state index in [0.717, 1.165) is 30.6 Å². The van der Waals surface area contributed by atoms with Gasteiger partial charge in [-0.05, 0) is 55.5 Å². The van der Waals surface area contributed by atoms with E-state index in [0.29, 0.717) is 23.0 Å². The number of aryl methyl sites for hydroxylation is 1. The first-order chi connectivity index (χ1) is 15.5. The van der Waals surface area contributed by atoms with E-state index in [1.807, 2.05) is 48.7 Å². The normalized spacial score (nSPS) is 14.8. The van der Waals surface area contributed by atoms with Crippen LogP contribution in [0.15, 0.2) is 58.3 Å². The van der Waals surface area contributed by atoms with E-state index in [1.165, 1.54) is 11.3 Å². The summed E-state index contributed by atoms with van der Waals surface area (Å²) in [7, 11) is 1.58. The predicted molar refractivity (Wildman–Crippen MR) is 125 cm³/mol. The molecule has 6 nitrogen and oxygen atoms in total. The molecular formula is C25H28N2O4S. The van der Waals surface area contributed by atoms with E-state index < -0.39 is 6.04 Å². The van der Waals surface area contributed by atoms with Gasteiger partial charge in [0.15, 0.2) is 6.04 Å². The van der Waals surface area contributed by atoms with Gasteiger partial charge in [0.1, 0.15) is 17.3 Å². The highest BCUT2D eigenvalue weighted by Gasteiger charge is 2.36. The van der Waals surface area contributed by atoms with Gasteiger partial charge in [-0.1, -0.05) is 25.0 Å². The number of nitrogens with zero attached hydrogens (tertiary/aromatic N) is 1. The Morgan fingerprint density at radius 1 is 1.19 bits per heavy atom. The molecule has 7 heteroatoms. The van der Waals surface area contributed by atoms with E-state index in [4.69, 9.17) is 9.15 Å². The van der Waals surface area contributed by atoms with Crippen molar-refractivity contribution in [3.8, 4) is 5.75 Å². The van der Waals surface area contributed by atoms with Gasteiger partial charge in [-0.15, -0.1) is 11.3 Å². The van der Waals surface area contributed by atoms with Gasteiger partial charge in [-0.2, -0.15) is 0 Å². The summed E-state index contributed by atoms with van der Waals surface area (Å²) >= 11 is 1.52. The lowest BCUT2D eigenvalue weighted by atomic mass is 10.1. The molecule has 0 saturated heterocycles. The van der Waals surface area contributed by atoms with E-state index in [9.17, 15) is 9.59 Å². The van der Waals surface area contributed by atoms with Gasteiger partial charge in [0.05, 0.1) is 13.5 Å². The highest BCUT2D eigenvalue weighted by molar-refractivity contribution is 7.10. The molecule has 168 valence electrons. The Kier molecular flexibility index (Phi) is 6.95. The maximum absolute atomic E-state index is 13.6. The average Bonchev–Trinajstić information content (AvgIpc) is 3.56. The minimum atomic E-state index is -0.913. The second-order valence-electron chi connectivity index (χ2n) is 8.06. The lowest BCUT2D eigenvalue weighted by molar-refractivity contribution is -0.127. The van der Waals surface area contributed by atoms with Gasteiger partial charge < -0.3 is 14.5 Å². The van der Waals surface area contributed by atoms with Crippen LogP contribution in [0.25, 0.3) is 0 Å². The maximum Gasteiger partial charge on any atom is 0.251 e. The molecule has 1 N–H and O–H groups in total. The number of benzene rings is 1. The van der Waals surface area contributed by atoms with Crippen molar-refractivity contribution < 1.29 is 18.7 Å². The SMILES string of the molecule is COc1cccc(N(C(=O)Cc2cccs2)C(C(=O)NC2CCCC2)c2ccc(C)o2)c1. The molecule has 1 unspecified atom stereocenters. The zero-order valence-corrected chi connectivity index (χ0v) is 19.2. The Hall–Kier alpha value is -3.06. The number of carbonyl (C=O) groups excluding carboxylic acids is 2. The summed E-state index contributed by atoms with van der Waals surface area (Å²) in [4.78, 5) is 29.7. The summed E-state index contributed by atoms with van der Waals surface area (Å²) in [6, 6.07) is 13.9. The van der Waals surface area contributed by atoms with Crippen molar-refractivity contribution >= 4 is 28.8 Å². The number of anilines is 1. The summed E-state index contributed by atoms with van der Waals surface area (Å²) < 4.78 is 11.3. The Morgan fingerprint density at radius 3 is 2.66 bits per heavy atom. The molecule has 2 heterocycles. The van der Waals surface area contributed by atoms with E-state index in [1.54, 1.807) is 24.1 Å². The summed E-state index contributed by atoms with van der Waals surface area (Å²) in [5.41, 5.74) is 0.589. The van der Waals surface area contributed by atoms with Gasteiger partial charge in [-0.25, -0.2) is 0 Å². The van der Waals surface area contributed by atoms with Crippen LogP contribution in [0.5, 0.6) is 5.75 Å². The van der Waals surface area contributed by atoms with Gasteiger partial charge >= 0.3 is 0 Å². The van der Waals surface area contributed by atoms with E-state index >= 15 is 0 Å². The summed E-state index contributed by atoms with van der Waals surface area (Å²) in [6.07, 6.45) is 4.32. The molecule has 4 rings (SSSR count). The lowest BCUT2D eigenvalue weighted by Gasteiger charge is -2.31. The van der Waals surface area contributed by atoms with Gasteiger partial charge in [-0.3, -0.25) is 14.5 Å². The molecule has 1 atom stereocenters. The van der Waals surface area contributed by atoms with Crippen molar-refractivity contribution in [2.45, 2.75) is 51.1 Å². The number of nitrogens with one attached hydrogen (secondary N) is 1. The molecule has 1 fully saturated rings. The largest absolute Gasteiger partial charge is 0.497 e. The number of furan rings is 1. The third-order valence-electron chi connectivity index (χ3n) is 5.74. The van der Waals surface area contributed by atoms with Gasteiger partial charge in [0.2, 0.25) is 5.91 Å². The molecule has 32 heavy (non-hydrogen) atoms. The standard InChI is InChI=1S/C25H28N2O4S/c1-17-12-13-22(31-17)24(25(29)26-18-7-3-4-8-18)27(19-9-5-10-20(15-19)30-2)23(28)16-21-11-6-14-32-21/h5-6,9-15,18,24H,3-4,7-8,16H2,1-2H3,(H,26,29). The maximum atomic E-state index is 13.6. The van der Waals surface area contributed by atoms with Crippen molar-refractivity contribution in [1.82, 2.24) is 5.32 Å². The summed E-state index contributed by atoms with van der Waals surface area (Å²) in [5.74, 6) is 1.34. The molecule has 2 aromatic heterocycles. The first-order valence-electron chi connectivity index (χ1n) is 10.9. The van der Waals surface area contributed by atoms with Crippen LogP contribution < -0.4 is 15.0 Å². The number of rotatable bonds is 8. The second kappa shape index (κ2) is 10.0. The lowest BCUT2D eigenvalue weighted by Crippen LogP contribution is -2.46. The highest BCUT2D eigenvalue weighted by atomic mass is 32.1. The zero-order valence-electron chi connectivity index (χ0n) is 18.4. The Labute approximate surface area is 192 Å². The van der Waals surface area contributed by atoms with Crippen molar-refractivity contribution in [2.75, 3.05) is 12.0 Å². The first kappa shape index (κ1) is 22.1. The van der Waals surface area contributed by atoms with Crippen LogP contribution >= 0.6 is 11.3 Å². The summed E-state index contributed by atoms with van der Waals surface area (Å²) in [5, 5.41) is 5.10. The number of ether oxygens (including phenoxy) is 1. The number of hydrogen-bond acceptors (Lipinski definition) is 5.